The average molecular weight is 378 g/mol. The lowest BCUT2D eigenvalue weighted by atomic mass is 10.0. The molecule has 0 spiro atoms. The van der Waals surface area contributed by atoms with Gasteiger partial charge in [0.05, 0.1) is 6.42 Å². The Kier molecular flexibility index (Phi) is 5.99. The summed E-state index contributed by atoms with van der Waals surface area (Å²) in [5.41, 5.74) is 4.42. The lowest BCUT2D eigenvalue weighted by molar-refractivity contribution is -0.142. The Morgan fingerprint density at radius 2 is 1.71 bits per heavy atom. The van der Waals surface area contributed by atoms with Gasteiger partial charge in [-0.1, -0.05) is 52.7 Å². The molecule has 0 radical (unpaired) electrons. The number of aromatic nitrogens is 2. The van der Waals surface area contributed by atoms with Crippen molar-refractivity contribution in [2.45, 2.75) is 33.6 Å². The lowest BCUT2D eigenvalue weighted by Gasteiger charge is -2.07. The molecule has 0 saturated heterocycles. The van der Waals surface area contributed by atoms with Crippen molar-refractivity contribution < 1.29 is 18.8 Å². The quantitative estimate of drug-likeness (QED) is 0.456. The minimum Gasteiger partial charge on any atom is -0.457 e. The molecular weight excluding hydrogens is 356 g/mol. The van der Waals surface area contributed by atoms with E-state index in [1.165, 1.54) is 0 Å². The summed E-state index contributed by atoms with van der Waals surface area (Å²) in [5, 5.41) is 3.93. The highest BCUT2D eigenvalue weighted by atomic mass is 16.5. The van der Waals surface area contributed by atoms with Crippen LogP contribution in [0.5, 0.6) is 0 Å². The third kappa shape index (κ3) is 4.91. The van der Waals surface area contributed by atoms with E-state index in [1.807, 2.05) is 57.2 Å². The van der Waals surface area contributed by atoms with Gasteiger partial charge >= 0.3 is 5.97 Å². The Morgan fingerprint density at radius 3 is 2.46 bits per heavy atom. The Labute approximate surface area is 163 Å². The molecule has 3 rings (SSSR count). The Balaban J connectivity index is 1.50. The van der Waals surface area contributed by atoms with E-state index in [2.05, 4.69) is 10.1 Å². The summed E-state index contributed by atoms with van der Waals surface area (Å²) in [5.74, 6) is 0.143. The fourth-order valence-electron chi connectivity index (χ4n) is 2.72. The molecular formula is C22H22N2O4. The van der Waals surface area contributed by atoms with Gasteiger partial charge in [0.2, 0.25) is 17.5 Å². The SMILES string of the molecule is Cc1ccc(-c2noc(CCC(=O)OCC(=O)c3cc(C)ccc3C)n2)cc1. The van der Waals surface area contributed by atoms with E-state index < -0.39 is 5.97 Å². The molecule has 1 heterocycles. The number of benzene rings is 2. The van der Waals surface area contributed by atoms with Crippen LogP contribution in [0.1, 0.15) is 39.4 Å². The first-order chi connectivity index (χ1) is 13.4. The second-order valence-electron chi connectivity index (χ2n) is 6.78. The summed E-state index contributed by atoms with van der Waals surface area (Å²) < 4.78 is 10.3. The molecule has 0 amide bonds. The van der Waals surface area contributed by atoms with E-state index in [0.29, 0.717) is 17.3 Å². The summed E-state index contributed by atoms with van der Waals surface area (Å²) in [4.78, 5) is 28.5. The normalized spacial score (nSPS) is 10.7. The van der Waals surface area contributed by atoms with Crippen LogP contribution in [-0.2, 0) is 16.0 Å². The number of Topliss-reactive ketones (excluding diaryl/α,β-unsaturated/α-hetero) is 1. The van der Waals surface area contributed by atoms with Crippen LogP contribution in [0.4, 0.5) is 0 Å². The number of nitrogens with zero attached hydrogens (tertiary/aromatic N) is 2. The molecule has 0 fully saturated rings. The molecule has 6 nitrogen and oxygen atoms in total. The van der Waals surface area contributed by atoms with Crippen LogP contribution in [0.15, 0.2) is 47.0 Å². The van der Waals surface area contributed by atoms with Crippen molar-refractivity contribution in [3.63, 3.8) is 0 Å². The molecule has 3 aromatic rings. The standard InChI is InChI=1S/C22H22N2O4/c1-14-5-8-17(9-6-14)22-23-20(28-24-22)10-11-21(26)27-13-19(25)18-12-15(2)4-7-16(18)3/h4-9,12H,10-11,13H2,1-3H3. The van der Waals surface area contributed by atoms with E-state index in [-0.39, 0.29) is 25.2 Å². The monoisotopic (exact) mass is 378 g/mol. The van der Waals surface area contributed by atoms with Crippen LogP contribution in [-0.4, -0.2) is 28.5 Å². The van der Waals surface area contributed by atoms with Crippen molar-refractivity contribution in [2.75, 3.05) is 6.61 Å². The maximum atomic E-state index is 12.3. The lowest BCUT2D eigenvalue weighted by Crippen LogP contribution is -2.15. The number of ether oxygens (including phenoxy) is 1. The van der Waals surface area contributed by atoms with Crippen LogP contribution in [0, 0.1) is 20.8 Å². The molecule has 0 N–H and O–H groups in total. The van der Waals surface area contributed by atoms with Crippen LogP contribution in [0.2, 0.25) is 0 Å². The van der Waals surface area contributed by atoms with E-state index >= 15 is 0 Å². The highest BCUT2D eigenvalue weighted by molar-refractivity contribution is 5.99. The largest absolute Gasteiger partial charge is 0.457 e. The van der Waals surface area contributed by atoms with Gasteiger partial charge in [-0.2, -0.15) is 4.98 Å². The first kappa shape index (κ1) is 19.5. The second kappa shape index (κ2) is 8.61. The molecule has 0 aliphatic carbocycles. The molecule has 2 aromatic carbocycles. The van der Waals surface area contributed by atoms with E-state index in [9.17, 15) is 9.59 Å². The summed E-state index contributed by atoms with van der Waals surface area (Å²) in [6.45, 7) is 5.50. The number of esters is 1. The predicted octanol–water partition coefficient (Wildman–Crippen LogP) is 4.02. The Hall–Kier alpha value is -3.28. The van der Waals surface area contributed by atoms with Crippen molar-refractivity contribution in [1.82, 2.24) is 10.1 Å². The van der Waals surface area contributed by atoms with Crippen LogP contribution < -0.4 is 0 Å². The van der Waals surface area contributed by atoms with Crippen molar-refractivity contribution in [3.8, 4) is 11.4 Å². The van der Waals surface area contributed by atoms with E-state index in [0.717, 1.165) is 22.3 Å². The number of rotatable bonds is 7. The molecule has 28 heavy (non-hydrogen) atoms. The van der Waals surface area contributed by atoms with Gasteiger partial charge in [-0.15, -0.1) is 0 Å². The van der Waals surface area contributed by atoms with Gasteiger partial charge in [-0.25, -0.2) is 0 Å². The molecule has 0 atom stereocenters. The molecule has 0 aliphatic rings. The van der Waals surface area contributed by atoms with Crippen LogP contribution >= 0.6 is 0 Å². The topological polar surface area (TPSA) is 82.3 Å². The summed E-state index contributed by atoms with van der Waals surface area (Å²) >= 11 is 0. The molecule has 6 heteroatoms. The third-order valence-corrected chi connectivity index (χ3v) is 4.38. The van der Waals surface area contributed by atoms with Crippen molar-refractivity contribution in [1.29, 1.82) is 0 Å². The maximum Gasteiger partial charge on any atom is 0.306 e. The van der Waals surface area contributed by atoms with Crippen LogP contribution in [0.3, 0.4) is 0 Å². The van der Waals surface area contributed by atoms with Gasteiger partial charge < -0.3 is 9.26 Å². The van der Waals surface area contributed by atoms with Gasteiger partial charge in [0.25, 0.3) is 0 Å². The Morgan fingerprint density at radius 1 is 1.00 bits per heavy atom. The Bertz CT molecular complexity index is 990. The number of ketones is 1. The zero-order valence-corrected chi connectivity index (χ0v) is 16.2. The maximum absolute atomic E-state index is 12.3. The average Bonchev–Trinajstić information content (AvgIpc) is 3.16. The summed E-state index contributed by atoms with van der Waals surface area (Å²) in [6, 6.07) is 13.4. The van der Waals surface area contributed by atoms with Crippen molar-refractivity contribution >= 4 is 11.8 Å². The van der Waals surface area contributed by atoms with E-state index in [4.69, 9.17) is 9.26 Å². The zero-order valence-electron chi connectivity index (χ0n) is 16.2. The van der Waals surface area contributed by atoms with Crippen LogP contribution in [0.25, 0.3) is 11.4 Å². The van der Waals surface area contributed by atoms with Crippen molar-refractivity contribution in [2.24, 2.45) is 0 Å². The fourth-order valence-corrected chi connectivity index (χ4v) is 2.72. The van der Waals surface area contributed by atoms with E-state index in [1.54, 1.807) is 6.07 Å². The molecule has 1 aromatic heterocycles. The van der Waals surface area contributed by atoms with Gasteiger partial charge in [-0.05, 0) is 32.4 Å². The number of carbonyl (C=O) groups excluding carboxylic acids is 2. The van der Waals surface area contributed by atoms with Gasteiger partial charge in [0, 0.05) is 17.5 Å². The highest BCUT2D eigenvalue weighted by Gasteiger charge is 2.14. The predicted molar refractivity (Wildman–Crippen MR) is 104 cm³/mol. The summed E-state index contributed by atoms with van der Waals surface area (Å²) in [7, 11) is 0. The summed E-state index contributed by atoms with van der Waals surface area (Å²) in [6.07, 6.45) is 0.324. The number of hydrogen-bond acceptors (Lipinski definition) is 6. The zero-order chi connectivity index (χ0) is 20.1. The number of carbonyl (C=O) groups is 2. The highest BCUT2D eigenvalue weighted by Crippen LogP contribution is 2.17. The number of aryl methyl sites for hydroxylation is 4. The minimum atomic E-state index is -0.478. The number of hydrogen-bond donors (Lipinski definition) is 0. The first-order valence-corrected chi connectivity index (χ1v) is 9.08. The minimum absolute atomic E-state index is 0.0651. The fraction of sp³-hybridized carbons (Fsp3) is 0.273. The second-order valence-corrected chi connectivity index (χ2v) is 6.78. The molecule has 0 unspecified atom stereocenters. The molecule has 144 valence electrons. The molecule has 0 aliphatic heterocycles. The smallest absolute Gasteiger partial charge is 0.306 e. The molecule has 0 saturated carbocycles. The first-order valence-electron chi connectivity index (χ1n) is 9.08. The van der Waals surface area contributed by atoms with Gasteiger partial charge in [-0.3, -0.25) is 9.59 Å². The van der Waals surface area contributed by atoms with Gasteiger partial charge in [0.15, 0.2) is 6.61 Å². The van der Waals surface area contributed by atoms with Crippen molar-refractivity contribution in [3.05, 3.63) is 70.6 Å². The van der Waals surface area contributed by atoms with Gasteiger partial charge in [0.1, 0.15) is 0 Å². The third-order valence-electron chi connectivity index (χ3n) is 4.38. The molecule has 0 bridgehead atoms.